The zero-order valence-electron chi connectivity index (χ0n) is 33.6. The van der Waals surface area contributed by atoms with Gasteiger partial charge in [0.2, 0.25) is 17.0 Å². The second kappa shape index (κ2) is 17.8. The van der Waals surface area contributed by atoms with Crippen LogP contribution in [0.25, 0.3) is 17.1 Å². The molecule has 0 atom stereocenters. The van der Waals surface area contributed by atoms with Crippen molar-refractivity contribution in [2.24, 2.45) is 20.4 Å². The number of sulfonamides is 1. The van der Waals surface area contributed by atoms with E-state index in [1.165, 1.54) is 54.6 Å². The van der Waals surface area contributed by atoms with Crippen molar-refractivity contribution in [3.63, 3.8) is 0 Å². The summed E-state index contributed by atoms with van der Waals surface area (Å²) in [6, 6.07) is 19.1. The molecule has 0 radical (unpaired) electrons. The highest BCUT2D eigenvalue weighted by Gasteiger charge is 2.38. The fourth-order valence-corrected chi connectivity index (χ4v) is 9.46. The summed E-state index contributed by atoms with van der Waals surface area (Å²) in [6.45, 7) is 0. The number of carbonyl (C=O) groups is 3. The summed E-state index contributed by atoms with van der Waals surface area (Å²) in [5, 5.41) is 33.6. The predicted molar refractivity (Wildman–Crippen MR) is 243 cm³/mol. The van der Waals surface area contributed by atoms with Crippen LogP contribution in [0.5, 0.6) is 0 Å². The van der Waals surface area contributed by atoms with Gasteiger partial charge in [0.1, 0.15) is 20.4 Å². The smallest absolute Gasteiger partial charge is 0.385 e. The van der Waals surface area contributed by atoms with Crippen molar-refractivity contribution in [2.45, 2.75) is 9.79 Å². The lowest BCUT2D eigenvalue weighted by atomic mass is 9.92. The highest BCUT2D eigenvalue weighted by Crippen LogP contribution is 2.41. The molecule has 0 unspecified atom stereocenters. The number of nitrogens with two attached hydrogens (primary N) is 1. The van der Waals surface area contributed by atoms with Gasteiger partial charge < -0.3 is 10.8 Å². The Hall–Kier alpha value is -8.37. The number of nitrogens with one attached hydrogen (secondary N) is 3. The Bertz CT molecular complexity index is 3720. The molecular weight excluding hydrogens is 977 g/mol. The van der Waals surface area contributed by atoms with E-state index in [-0.39, 0.29) is 50.0 Å². The maximum Gasteiger partial charge on any atom is 0.385 e. The SMILES string of the molecule is N#[N+]c1ccc(NS(=O)(=O)c2ccc(N=Nc3c(S(=O)(=O)O)cc4c(c3N)C(=O)/C(=N\Nc3ccc5c(c3)C(=O)/C(=N\Nc3ccccc3C(=O)O)C(S(=O)(=O)O)=C5)C(S(=O)(=O)O)=C4)cc2)cc1. The zero-order valence-corrected chi connectivity index (χ0v) is 36.8. The van der Waals surface area contributed by atoms with Crippen LogP contribution in [-0.4, -0.2) is 81.4 Å². The fourth-order valence-electron chi connectivity index (χ4n) is 6.41. The number of hydrogen-bond donors (Lipinski definition) is 8. The van der Waals surface area contributed by atoms with Crippen molar-refractivity contribution in [3.8, 4) is 0 Å². The first-order valence-corrected chi connectivity index (χ1v) is 24.2. The van der Waals surface area contributed by atoms with Gasteiger partial charge >= 0.3 is 11.7 Å². The fraction of sp³-hybridized carbons (Fsp3) is 0. The van der Waals surface area contributed by atoms with Gasteiger partial charge in [-0.2, -0.15) is 40.6 Å². The number of hydrazone groups is 2. The number of Topliss-reactive ketones (excluding diaryl/α,β-unsaturated/α-hetero) is 2. The second-order valence-electron chi connectivity index (χ2n) is 13.9. The Kier molecular flexibility index (Phi) is 12.4. The largest absolute Gasteiger partial charge is 0.478 e. The molecule has 2 aliphatic rings. The Labute approximate surface area is 383 Å². The monoisotopic (exact) mass is 1000 g/mol. The number of carbonyl (C=O) groups excluding carboxylic acids is 2. The Morgan fingerprint density at radius 3 is 1.85 bits per heavy atom. The first-order valence-electron chi connectivity index (χ1n) is 18.4. The first-order chi connectivity index (χ1) is 31.9. The summed E-state index contributed by atoms with van der Waals surface area (Å²) in [4.78, 5) is 39.0. The average Bonchev–Trinajstić information content (AvgIpc) is 3.27. The van der Waals surface area contributed by atoms with Gasteiger partial charge in [0.15, 0.2) is 16.4 Å². The topological polar surface area (TPSA) is 408 Å². The molecule has 25 nitrogen and oxygen atoms in total. The standard InChI is InChI=1S/C39H26N10O15S4/c40-33-32-20(16-29(66(56,57)58)34(33)46-43-22-11-13-25(14-12-22)65(54,55)49-23-9-7-21(42-41)8-10-23)17-31(68(62,63)64)36(38(32)51)47-44-24-6-5-19-15-30(67(59,60)61)35(37(50)27(19)18-24)48-45-28-4-2-1-3-26(28)39(52)53/h1-18,41,49H,(H6,40,43,51,52,53,56,57,58,59,60,61,62,63,64)/p+1/b47-36-. The summed E-state index contributed by atoms with van der Waals surface area (Å²) in [5.74, 6) is -3.89. The number of hydrogen-bond acceptors (Lipinski definition) is 19. The number of fused-ring (bicyclic) bond motifs is 2. The van der Waals surface area contributed by atoms with Crippen molar-refractivity contribution in [3.05, 3.63) is 140 Å². The number of ketones is 2. The minimum absolute atomic E-state index is 0.0900. The van der Waals surface area contributed by atoms with Crippen LogP contribution >= 0.6 is 0 Å². The minimum atomic E-state index is -5.38. The molecule has 0 aliphatic heterocycles. The highest BCUT2D eigenvalue weighted by atomic mass is 32.2. The van der Waals surface area contributed by atoms with Crippen molar-refractivity contribution in [2.75, 3.05) is 21.3 Å². The van der Waals surface area contributed by atoms with Crippen LogP contribution < -0.4 is 21.3 Å². The van der Waals surface area contributed by atoms with Gasteiger partial charge in [-0.3, -0.25) is 38.8 Å². The van der Waals surface area contributed by atoms with E-state index in [0.717, 1.165) is 42.5 Å². The number of aromatic carboxylic acids is 1. The molecule has 2 aliphatic carbocycles. The first kappa shape index (κ1) is 47.6. The number of nitrogen functional groups attached to an aromatic ring is 1. The third kappa shape index (κ3) is 9.76. The molecule has 0 saturated heterocycles. The van der Waals surface area contributed by atoms with Crippen LogP contribution in [0.3, 0.4) is 0 Å². The molecule has 0 bridgehead atoms. The molecule has 29 heteroatoms. The molecule has 346 valence electrons. The quantitative estimate of drug-likeness (QED) is 0.0230. The van der Waals surface area contributed by atoms with Gasteiger partial charge in [0.25, 0.3) is 40.4 Å². The van der Waals surface area contributed by atoms with E-state index >= 15 is 0 Å². The minimum Gasteiger partial charge on any atom is -0.478 e. The highest BCUT2D eigenvalue weighted by molar-refractivity contribution is 7.93. The van der Waals surface area contributed by atoms with E-state index in [1.807, 2.05) is 0 Å². The second-order valence-corrected chi connectivity index (χ2v) is 19.8. The number of rotatable bonds is 13. The third-order valence-electron chi connectivity index (χ3n) is 9.55. The normalized spacial score (nSPS) is 15.3. The van der Waals surface area contributed by atoms with Crippen LogP contribution in [0.2, 0.25) is 0 Å². The molecule has 0 aromatic heterocycles. The number of allylic oxidation sites excluding steroid dienone is 2. The maximum absolute atomic E-state index is 14.1. The van der Waals surface area contributed by atoms with Gasteiger partial charge in [-0.25, -0.2) is 13.2 Å². The van der Waals surface area contributed by atoms with E-state index in [2.05, 4.69) is 41.0 Å². The number of azo groups is 1. The van der Waals surface area contributed by atoms with E-state index < -0.39 is 107 Å². The van der Waals surface area contributed by atoms with Crippen molar-refractivity contribution >= 4 is 121 Å². The van der Waals surface area contributed by atoms with E-state index in [0.29, 0.717) is 12.1 Å². The number of carboxylic acids is 1. The third-order valence-corrected chi connectivity index (χ3v) is 13.6. The van der Waals surface area contributed by atoms with Crippen LogP contribution in [-0.2, 0) is 40.4 Å². The van der Waals surface area contributed by atoms with E-state index in [4.69, 9.17) is 11.1 Å². The summed E-state index contributed by atoms with van der Waals surface area (Å²) in [5.41, 5.74) is 5.29. The zero-order chi connectivity index (χ0) is 49.5. The van der Waals surface area contributed by atoms with Gasteiger partial charge in [0, 0.05) is 23.4 Å². The Balaban J connectivity index is 1.22. The molecule has 0 amide bonds. The lowest BCUT2D eigenvalue weighted by Crippen LogP contribution is -2.28. The summed E-state index contributed by atoms with van der Waals surface area (Å²) in [6.07, 6.45) is 1.49. The number of nitrogens with zero attached hydrogens (tertiary/aromatic N) is 6. The number of carboxylic acid groups (broad SMARTS) is 1. The van der Waals surface area contributed by atoms with Crippen LogP contribution in [0.15, 0.2) is 137 Å². The molecule has 0 saturated carbocycles. The molecule has 68 heavy (non-hydrogen) atoms. The Morgan fingerprint density at radius 2 is 1.25 bits per heavy atom. The molecular formula is C39H27N10O15S4+. The average molecular weight is 1000 g/mol. The van der Waals surface area contributed by atoms with Crippen LogP contribution in [0.4, 0.5) is 39.8 Å². The number of benzene rings is 5. The number of anilines is 4. The molecule has 9 N–H and O–H groups in total. The number of para-hydroxylation sites is 1. The van der Waals surface area contributed by atoms with Gasteiger partial charge in [-0.05, 0) is 90.0 Å². The molecule has 0 heterocycles. The Morgan fingerprint density at radius 1 is 0.662 bits per heavy atom. The molecule has 0 spiro atoms. The van der Waals surface area contributed by atoms with Crippen LogP contribution in [0, 0.1) is 5.39 Å². The lowest BCUT2D eigenvalue weighted by Gasteiger charge is -2.20. The van der Waals surface area contributed by atoms with E-state index in [9.17, 15) is 66.8 Å². The van der Waals surface area contributed by atoms with Gasteiger partial charge in [-0.15, -0.1) is 5.11 Å². The van der Waals surface area contributed by atoms with Crippen LogP contribution in [0.1, 0.15) is 42.2 Å². The van der Waals surface area contributed by atoms with Gasteiger partial charge in [-0.1, -0.05) is 18.2 Å². The molecule has 7 rings (SSSR count). The maximum atomic E-state index is 14.1. The molecule has 5 aromatic rings. The summed E-state index contributed by atoms with van der Waals surface area (Å²) in [7, 11) is -20.0. The predicted octanol–water partition coefficient (Wildman–Crippen LogP) is 5.70. The van der Waals surface area contributed by atoms with Gasteiger partial charge in [0.05, 0.1) is 38.8 Å². The van der Waals surface area contributed by atoms with Crippen molar-refractivity contribution in [1.82, 2.24) is 0 Å². The summed E-state index contributed by atoms with van der Waals surface area (Å²) >= 11 is 0. The lowest BCUT2D eigenvalue weighted by molar-refractivity contribution is 0.0697. The van der Waals surface area contributed by atoms with E-state index in [1.54, 1.807) is 0 Å². The van der Waals surface area contributed by atoms with Crippen molar-refractivity contribution < 1.29 is 66.8 Å². The molecule has 0 fully saturated rings. The molecule has 5 aromatic carbocycles. The summed E-state index contributed by atoms with van der Waals surface area (Å²) < 4.78 is 134. The van der Waals surface area contributed by atoms with Crippen molar-refractivity contribution in [1.29, 1.82) is 5.39 Å². The number of diazo groups is 1.